The maximum atomic E-state index is 13.3. The molecular formula is C19H26O5. The van der Waals surface area contributed by atoms with Crippen molar-refractivity contribution < 1.29 is 23.8 Å². The van der Waals surface area contributed by atoms with E-state index < -0.39 is 10.8 Å². The summed E-state index contributed by atoms with van der Waals surface area (Å²) >= 11 is 0. The maximum Gasteiger partial charge on any atom is 0.309 e. The van der Waals surface area contributed by atoms with E-state index in [2.05, 4.69) is 0 Å². The zero-order valence-electron chi connectivity index (χ0n) is 15.3. The molecule has 1 aromatic rings. The van der Waals surface area contributed by atoms with E-state index in [-0.39, 0.29) is 17.7 Å². The summed E-state index contributed by atoms with van der Waals surface area (Å²) in [4.78, 5) is 25.5. The summed E-state index contributed by atoms with van der Waals surface area (Å²) in [5.74, 6) is 0.557. The highest BCUT2D eigenvalue weighted by molar-refractivity contribution is 6.04. The van der Waals surface area contributed by atoms with Crippen LogP contribution in [0.5, 0.6) is 11.5 Å². The van der Waals surface area contributed by atoms with Crippen LogP contribution in [0.1, 0.15) is 44.0 Å². The molecule has 0 bridgehead atoms. The van der Waals surface area contributed by atoms with Crippen LogP contribution in [0.25, 0.3) is 0 Å². The van der Waals surface area contributed by atoms with Crippen LogP contribution in [0.3, 0.4) is 0 Å². The number of carbonyl (C=O) groups excluding carboxylic acids is 2. The second-order valence-corrected chi connectivity index (χ2v) is 7.06. The van der Waals surface area contributed by atoms with Crippen molar-refractivity contribution in [2.24, 2.45) is 16.7 Å². The van der Waals surface area contributed by atoms with E-state index in [1.165, 1.54) is 14.2 Å². The number of benzene rings is 1. The molecule has 0 saturated heterocycles. The predicted octanol–water partition coefficient (Wildman–Crippen LogP) is 3.50. The largest absolute Gasteiger partial charge is 0.497 e. The average Bonchev–Trinajstić information content (AvgIpc) is 2.83. The van der Waals surface area contributed by atoms with Crippen LogP contribution in [0, 0.1) is 16.7 Å². The van der Waals surface area contributed by atoms with Crippen LogP contribution in [0.4, 0.5) is 0 Å². The minimum atomic E-state index is -0.673. The first kappa shape index (κ1) is 18.3. The number of esters is 1. The predicted molar refractivity (Wildman–Crippen MR) is 90.5 cm³/mol. The SMILES string of the molecule is COC(=O)C1CCC(C)(C(=O)c2ccc(OC)cc2OC)C1(C)C. The van der Waals surface area contributed by atoms with Gasteiger partial charge in [-0.25, -0.2) is 0 Å². The molecule has 1 aromatic carbocycles. The van der Waals surface area contributed by atoms with Crippen molar-refractivity contribution in [3.05, 3.63) is 23.8 Å². The molecule has 2 unspecified atom stereocenters. The Hall–Kier alpha value is -2.04. The van der Waals surface area contributed by atoms with Crippen molar-refractivity contribution in [3.63, 3.8) is 0 Å². The number of carbonyl (C=O) groups is 2. The normalized spacial score (nSPS) is 25.2. The van der Waals surface area contributed by atoms with Gasteiger partial charge in [0.05, 0.1) is 32.8 Å². The van der Waals surface area contributed by atoms with E-state index in [9.17, 15) is 9.59 Å². The minimum absolute atomic E-state index is 0.0154. The lowest BCUT2D eigenvalue weighted by atomic mass is 9.62. The Morgan fingerprint density at radius 3 is 2.29 bits per heavy atom. The summed E-state index contributed by atoms with van der Waals surface area (Å²) in [7, 11) is 4.49. The van der Waals surface area contributed by atoms with Crippen LogP contribution >= 0.6 is 0 Å². The highest BCUT2D eigenvalue weighted by Crippen LogP contribution is 2.58. The number of Topliss-reactive ketones (excluding diaryl/α,β-unsaturated/α-hetero) is 1. The van der Waals surface area contributed by atoms with Gasteiger partial charge < -0.3 is 14.2 Å². The van der Waals surface area contributed by atoms with Gasteiger partial charge >= 0.3 is 5.97 Å². The smallest absolute Gasteiger partial charge is 0.309 e. The van der Waals surface area contributed by atoms with Crippen molar-refractivity contribution in [2.45, 2.75) is 33.6 Å². The molecule has 5 nitrogen and oxygen atoms in total. The number of ketones is 1. The summed E-state index contributed by atoms with van der Waals surface area (Å²) in [6.45, 7) is 5.87. The maximum absolute atomic E-state index is 13.3. The topological polar surface area (TPSA) is 61.8 Å². The summed E-state index contributed by atoms with van der Waals surface area (Å²) < 4.78 is 15.5. The molecule has 1 saturated carbocycles. The average molecular weight is 334 g/mol. The Morgan fingerprint density at radius 1 is 1.08 bits per heavy atom. The quantitative estimate of drug-likeness (QED) is 0.609. The van der Waals surface area contributed by atoms with E-state index in [4.69, 9.17) is 14.2 Å². The molecule has 0 aromatic heterocycles. The van der Waals surface area contributed by atoms with E-state index in [0.29, 0.717) is 29.9 Å². The third-order valence-electron chi connectivity index (χ3n) is 5.87. The molecule has 24 heavy (non-hydrogen) atoms. The Morgan fingerprint density at radius 2 is 1.75 bits per heavy atom. The summed E-state index contributed by atoms with van der Waals surface area (Å²) in [5, 5.41) is 0. The Balaban J connectivity index is 2.44. The van der Waals surface area contributed by atoms with E-state index in [0.717, 1.165) is 0 Å². The molecule has 1 aliphatic rings. The Kier molecular flexibility index (Phi) is 4.92. The fourth-order valence-corrected chi connectivity index (χ4v) is 3.74. The van der Waals surface area contributed by atoms with E-state index in [1.807, 2.05) is 20.8 Å². The van der Waals surface area contributed by atoms with Crippen LogP contribution in [0.15, 0.2) is 18.2 Å². The molecule has 2 atom stereocenters. The number of ether oxygens (including phenoxy) is 3. The molecule has 2 rings (SSSR count). The monoisotopic (exact) mass is 334 g/mol. The lowest BCUT2D eigenvalue weighted by Gasteiger charge is -2.39. The highest BCUT2D eigenvalue weighted by Gasteiger charge is 2.58. The van der Waals surface area contributed by atoms with E-state index >= 15 is 0 Å². The second-order valence-electron chi connectivity index (χ2n) is 7.06. The first-order valence-electron chi connectivity index (χ1n) is 8.07. The Labute approximate surface area is 143 Å². The van der Waals surface area contributed by atoms with Gasteiger partial charge in [0.15, 0.2) is 5.78 Å². The highest BCUT2D eigenvalue weighted by atomic mass is 16.5. The van der Waals surface area contributed by atoms with Gasteiger partial charge in [-0.2, -0.15) is 0 Å². The van der Waals surface area contributed by atoms with Crippen molar-refractivity contribution in [3.8, 4) is 11.5 Å². The Bertz CT molecular complexity index is 649. The van der Waals surface area contributed by atoms with E-state index in [1.54, 1.807) is 25.3 Å². The standard InChI is InChI=1S/C19H26O5/c1-18(2)14(17(21)24-6)9-10-19(18,3)16(20)13-8-7-12(22-4)11-15(13)23-5/h7-8,11,14H,9-10H2,1-6H3. The molecule has 1 fully saturated rings. The molecule has 0 N–H and O–H groups in total. The van der Waals surface area contributed by atoms with Crippen molar-refractivity contribution >= 4 is 11.8 Å². The molecule has 0 spiro atoms. The molecule has 5 heteroatoms. The van der Waals surface area contributed by atoms with Gasteiger partial charge in [-0.15, -0.1) is 0 Å². The molecule has 0 heterocycles. The number of methoxy groups -OCH3 is 3. The minimum Gasteiger partial charge on any atom is -0.497 e. The van der Waals surface area contributed by atoms with Crippen LogP contribution in [0.2, 0.25) is 0 Å². The van der Waals surface area contributed by atoms with Gasteiger partial charge in [-0.1, -0.05) is 20.8 Å². The lowest BCUT2D eigenvalue weighted by molar-refractivity contribution is -0.149. The third kappa shape index (κ3) is 2.66. The third-order valence-corrected chi connectivity index (χ3v) is 5.87. The van der Waals surface area contributed by atoms with Gasteiger partial charge in [-0.05, 0) is 30.4 Å². The molecule has 0 amide bonds. The first-order valence-corrected chi connectivity index (χ1v) is 8.07. The zero-order valence-corrected chi connectivity index (χ0v) is 15.3. The van der Waals surface area contributed by atoms with Gasteiger partial charge in [-0.3, -0.25) is 9.59 Å². The van der Waals surface area contributed by atoms with Gasteiger partial charge in [0.1, 0.15) is 11.5 Å². The fraction of sp³-hybridized carbons (Fsp3) is 0.579. The molecule has 132 valence electrons. The molecule has 0 radical (unpaired) electrons. The van der Waals surface area contributed by atoms with Gasteiger partial charge in [0.25, 0.3) is 0 Å². The van der Waals surface area contributed by atoms with Gasteiger partial charge in [0, 0.05) is 11.5 Å². The van der Waals surface area contributed by atoms with Crippen LogP contribution in [-0.2, 0) is 9.53 Å². The van der Waals surface area contributed by atoms with Gasteiger partial charge in [0.2, 0.25) is 0 Å². The fourth-order valence-electron chi connectivity index (χ4n) is 3.74. The number of hydrogen-bond acceptors (Lipinski definition) is 5. The summed E-state index contributed by atoms with van der Waals surface area (Å²) in [6, 6.07) is 5.18. The first-order chi connectivity index (χ1) is 11.2. The number of rotatable bonds is 5. The molecular weight excluding hydrogens is 308 g/mol. The summed E-state index contributed by atoms with van der Waals surface area (Å²) in [6.07, 6.45) is 1.27. The molecule has 1 aliphatic carbocycles. The summed E-state index contributed by atoms with van der Waals surface area (Å²) in [5.41, 5.74) is -0.671. The van der Waals surface area contributed by atoms with Crippen molar-refractivity contribution in [2.75, 3.05) is 21.3 Å². The molecule has 0 aliphatic heterocycles. The lowest BCUT2D eigenvalue weighted by Crippen LogP contribution is -2.43. The van der Waals surface area contributed by atoms with Crippen LogP contribution in [-0.4, -0.2) is 33.1 Å². The zero-order chi connectivity index (χ0) is 18.1. The number of hydrogen-bond donors (Lipinski definition) is 0. The van der Waals surface area contributed by atoms with Crippen molar-refractivity contribution in [1.82, 2.24) is 0 Å². The van der Waals surface area contributed by atoms with Crippen molar-refractivity contribution in [1.29, 1.82) is 0 Å². The van der Waals surface area contributed by atoms with Crippen LogP contribution < -0.4 is 9.47 Å². The second kappa shape index (κ2) is 6.46.